The van der Waals surface area contributed by atoms with Crippen molar-refractivity contribution in [1.29, 1.82) is 0 Å². The highest BCUT2D eigenvalue weighted by Gasteiger charge is 2.30. The van der Waals surface area contributed by atoms with Crippen LogP contribution in [0.15, 0.2) is 4.99 Å². The Labute approximate surface area is 239 Å². The summed E-state index contributed by atoms with van der Waals surface area (Å²) >= 11 is 0. The molecule has 0 bridgehead atoms. The molecule has 0 aliphatic carbocycles. The summed E-state index contributed by atoms with van der Waals surface area (Å²) in [6, 6.07) is -3.51. The average molecular weight is 589 g/mol. The zero-order valence-electron chi connectivity index (χ0n) is 24.0. The summed E-state index contributed by atoms with van der Waals surface area (Å²) in [7, 11) is 0. The molecule has 3 atom stereocenters. The van der Waals surface area contributed by atoms with Crippen molar-refractivity contribution in [3.63, 3.8) is 0 Å². The highest BCUT2D eigenvalue weighted by molar-refractivity contribution is 5.92. The Hall–Kier alpha value is -4.51. The molecule has 18 heteroatoms. The van der Waals surface area contributed by atoms with Crippen molar-refractivity contribution in [2.75, 3.05) is 19.6 Å². The van der Waals surface area contributed by atoms with Crippen LogP contribution in [0.1, 0.15) is 59.3 Å². The van der Waals surface area contributed by atoms with E-state index in [1.807, 2.05) is 0 Å². The Kier molecular flexibility index (Phi) is 16.7. The van der Waals surface area contributed by atoms with E-state index >= 15 is 0 Å². The van der Waals surface area contributed by atoms with Gasteiger partial charge in [0.15, 0.2) is 5.96 Å². The molecule has 18 N–H and O–H groups in total. The zero-order valence-corrected chi connectivity index (χ0v) is 24.0. The van der Waals surface area contributed by atoms with Gasteiger partial charge in [-0.3, -0.25) is 47.5 Å². The SMILES string of the molecule is CC(C)(C)OC(=O)N[C@@H](CCCN=C(N)N)C(=O)N[C@@H](CCC[NH+]=C(N)N)C(=O)N[C@@H](CCC[NH+]=C(N)N)C(=O)O. The molecule has 41 heavy (non-hydrogen) atoms. The number of aliphatic imine (C=N–C) groups is 1. The average Bonchev–Trinajstić information content (AvgIpc) is 2.82. The van der Waals surface area contributed by atoms with E-state index in [9.17, 15) is 24.3 Å². The number of nitrogens with one attached hydrogen (secondary N) is 5. The predicted molar refractivity (Wildman–Crippen MR) is 151 cm³/mol. The van der Waals surface area contributed by atoms with E-state index in [1.54, 1.807) is 20.8 Å². The minimum absolute atomic E-state index is 0.0134. The van der Waals surface area contributed by atoms with Gasteiger partial charge in [-0.05, 0) is 59.3 Å². The first-order valence-electron chi connectivity index (χ1n) is 13.1. The first-order chi connectivity index (χ1) is 19.0. The van der Waals surface area contributed by atoms with E-state index in [1.165, 1.54) is 0 Å². The van der Waals surface area contributed by atoms with Crippen LogP contribution in [0.4, 0.5) is 4.79 Å². The molecule has 0 aromatic carbocycles. The third kappa shape index (κ3) is 19.2. The summed E-state index contributed by atoms with van der Waals surface area (Å²) in [5.74, 6) is -2.84. The van der Waals surface area contributed by atoms with Gasteiger partial charge in [0.05, 0.1) is 13.1 Å². The van der Waals surface area contributed by atoms with Crippen LogP contribution in [0.3, 0.4) is 0 Å². The molecular weight excluding hydrogens is 540 g/mol. The molecule has 0 fully saturated rings. The monoisotopic (exact) mass is 588 g/mol. The number of carboxylic acids is 1. The number of carboxylic acid groups (broad SMARTS) is 1. The number of ether oxygens (including phenoxy) is 1. The summed E-state index contributed by atoms with van der Waals surface area (Å²) in [4.78, 5) is 59.8. The van der Waals surface area contributed by atoms with E-state index in [0.29, 0.717) is 25.8 Å². The number of nitrogens with two attached hydrogens (primary N) is 6. The van der Waals surface area contributed by atoms with Crippen molar-refractivity contribution in [3.8, 4) is 0 Å². The molecule has 0 unspecified atom stereocenters. The fourth-order valence-electron chi connectivity index (χ4n) is 3.37. The van der Waals surface area contributed by atoms with E-state index in [4.69, 9.17) is 39.1 Å². The molecule has 0 aromatic rings. The largest absolute Gasteiger partial charge is 0.480 e. The van der Waals surface area contributed by atoms with Crippen LogP contribution in [0.5, 0.6) is 0 Å². The molecule has 0 aliphatic rings. The third-order valence-corrected chi connectivity index (χ3v) is 5.20. The van der Waals surface area contributed by atoms with Gasteiger partial charge in [0, 0.05) is 6.54 Å². The minimum atomic E-state index is -1.26. The number of hydrogen-bond donors (Lipinski definition) is 12. The number of nitrogens with zero attached hydrogens (tertiary/aromatic N) is 1. The number of carbonyl (C=O) groups is 4. The summed E-state index contributed by atoms with van der Waals surface area (Å²) < 4.78 is 5.26. The summed E-state index contributed by atoms with van der Waals surface area (Å²) in [5, 5.41) is 17.2. The van der Waals surface area contributed by atoms with Crippen molar-refractivity contribution in [3.05, 3.63) is 0 Å². The van der Waals surface area contributed by atoms with Gasteiger partial charge in [0.2, 0.25) is 11.8 Å². The number of rotatable bonds is 18. The summed E-state index contributed by atoms with van der Waals surface area (Å²) in [6.07, 6.45) is 0.416. The Morgan fingerprint density at radius 3 is 1.63 bits per heavy atom. The normalized spacial score (nSPS) is 13.0. The zero-order chi connectivity index (χ0) is 31.6. The molecule has 0 aromatic heterocycles. The van der Waals surface area contributed by atoms with Gasteiger partial charge in [-0.1, -0.05) is 0 Å². The Balaban J connectivity index is 5.73. The number of alkyl carbamates (subject to hydrolysis) is 1. The van der Waals surface area contributed by atoms with Crippen LogP contribution in [0.25, 0.3) is 0 Å². The number of hydrogen-bond acceptors (Lipinski definition) is 6. The van der Waals surface area contributed by atoms with Gasteiger partial charge >= 0.3 is 24.0 Å². The predicted octanol–water partition coefficient (Wildman–Crippen LogP) is -6.74. The van der Waals surface area contributed by atoms with Gasteiger partial charge in [0.1, 0.15) is 23.7 Å². The molecule has 0 rings (SSSR count). The van der Waals surface area contributed by atoms with E-state index in [-0.39, 0.29) is 50.2 Å². The molecule has 0 saturated heterocycles. The first kappa shape index (κ1) is 36.5. The molecule has 0 saturated carbocycles. The number of aliphatic carboxylic acids is 1. The smallest absolute Gasteiger partial charge is 0.408 e. The maximum absolute atomic E-state index is 13.3. The second kappa shape index (κ2) is 18.7. The van der Waals surface area contributed by atoms with Crippen LogP contribution in [0.2, 0.25) is 0 Å². The fourth-order valence-corrected chi connectivity index (χ4v) is 3.37. The van der Waals surface area contributed by atoms with Gasteiger partial charge in [0.25, 0.3) is 0 Å². The van der Waals surface area contributed by atoms with Gasteiger partial charge < -0.3 is 37.3 Å². The summed E-state index contributed by atoms with van der Waals surface area (Å²) in [5.41, 5.74) is 31.3. The lowest BCUT2D eigenvalue weighted by Gasteiger charge is -2.26. The lowest BCUT2D eigenvalue weighted by Crippen LogP contribution is -2.78. The van der Waals surface area contributed by atoms with Gasteiger partial charge in [-0.25, -0.2) is 9.59 Å². The topological polar surface area (TPSA) is 330 Å². The molecule has 3 amide bonds. The number of carbonyl (C=O) groups excluding carboxylic acids is 3. The molecule has 0 aliphatic heterocycles. The van der Waals surface area contributed by atoms with Crippen LogP contribution in [0, 0.1) is 0 Å². The molecule has 0 heterocycles. The lowest BCUT2D eigenvalue weighted by atomic mass is 10.1. The number of guanidine groups is 3. The van der Waals surface area contributed by atoms with E-state index in [0.717, 1.165) is 0 Å². The first-order valence-corrected chi connectivity index (χ1v) is 13.1. The highest BCUT2D eigenvalue weighted by atomic mass is 16.6. The van der Waals surface area contributed by atoms with Crippen molar-refractivity contribution in [2.45, 2.75) is 83.0 Å². The summed E-state index contributed by atoms with van der Waals surface area (Å²) in [6.45, 7) is 5.76. The van der Waals surface area contributed by atoms with Gasteiger partial charge in [-0.2, -0.15) is 0 Å². The van der Waals surface area contributed by atoms with Crippen molar-refractivity contribution in [2.24, 2.45) is 39.4 Å². The van der Waals surface area contributed by atoms with E-state index in [2.05, 4.69) is 30.9 Å². The molecular formula is C23H48N12O6+2. The minimum Gasteiger partial charge on any atom is -0.480 e. The quantitative estimate of drug-likeness (QED) is 0.0404. The maximum atomic E-state index is 13.3. The molecule has 18 nitrogen and oxygen atoms in total. The van der Waals surface area contributed by atoms with Crippen LogP contribution in [-0.4, -0.2) is 90.2 Å². The van der Waals surface area contributed by atoms with Gasteiger partial charge in [-0.15, -0.1) is 0 Å². The van der Waals surface area contributed by atoms with Crippen molar-refractivity contribution in [1.82, 2.24) is 16.0 Å². The van der Waals surface area contributed by atoms with Crippen molar-refractivity contribution < 1.29 is 39.0 Å². The van der Waals surface area contributed by atoms with Crippen LogP contribution < -0.4 is 60.3 Å². The Bertz CT molecular complexity index is 951. The highest BCUT2D eigenvalue weighted by Crippen LogP contribution is 2.09. The lowest BCUT2D eigenvalue weighted by molar-refractivity contribution is -0.460. The van der Waals surface area contributed by atoms with Crippen molar-refractivity contribution >= 4 is 41.8 Å². The molecule has 0 spiro atoms. The van der Waals surface area contributed by atoms with Crippen LogP contribution >= 0.6 is 0 Å². The second-order valence-corrected chi connectivity index (χ2v) is 10.2. The Morgan fingerprint density at radius 1 is 0.756 bits per heavy atom. The molecule has 234 valence electrons. The number of amides is 3. The second-order valence-electron chi connectivity index (χ2n) is 10.2. The third-order valence-electron chi connectivity index (χ3n) is 5.20. The standard InChI is InChI=1S/C23H46N12O6/c1-23(2,3)41-22(40)35-14(8-5-11-31-20(26)27)17(37)33-13(7-4-10-30-19(24)25)16(36)34-15(18(38)39)9-6-12-32-21(28)29/h13-15H,4-12H2,1-3H3,(H,33,37)(H,34,36)(H,35,40)(H,38,39)(H4,24,25,30)(H4,26,27,31)(H4,28,29,32)/p+2/t13-,14-,15-/m0/s1. The fraction of sp³-hybridized carbons (Fsp3) is 0.696. The maximum Gasteiger partial charge on any atom is 0.408 e. The Morgan fingerprint density at radius 2 is 1.20 bits per heavy atom. The molecule has 0 radical (unpaired) electrons. The van der Waals surface area contributed by atoms with Crippen LogP contribution in [-0.2, 0) is 19.1 Å². The van der Waals surface area contributed by atoms with E-state index < -0.39 is 47.6 Å².